The molecule has 2 aliphatic heterocycles. The van der Waals surface area contributed by atoms with E-state index in [4.69, 9.17) is 21.6 Å². The number of amides is 2. The molecule has 1 saturated carbocycles. The van der Waals surface area contributed by atoms with Crippen molar-refractivity contribution < 1.29 is 14.3 Å². The Labute approximate surface area is 229 Å². The number of nitrogens with zero attached hydrogens (tertiary/aromatic N) is 5. The lowest BCUT2D eigenvalue weighted by atomic mass is 9.93. The Bertz CT molecular complexity index is 1170. The van der Waals surface area contributed by atoms with Gasteiger partial charge >= 0.3 is 6.09 Å². The lowest BCUT2D eigenvalue weighted by Gasteiger charge is -2.34. The van der Waals surface area contributed by atoms with Crippen LogP contribution < -0.4 is 4.90 Å². The molecule has 9 heteroatoms. The molecule has 2 saturated heterocycles. The third kappa shape index (κ3) is 6.05. The third-order valence-electron chi connectivity index (χ3n) is 8.18. The second kappa shape index (κ2) is 11.6. The van der Waals surface area contributed by atoms with Gasteiger partial charge in [0.1, 0.15) is 11.9 Å². The number of benzene rings is 1. The first-order chi connectivity index (χ1) is 18.4. The van der Waals surface area contributed by atoms with Gasteiger partial charge in [0.2, 0.25) is 5.91 Å². The van der Waals surface area contributed by atoms with Crippen LogP contribution in [0.2, 0.25) is 5.02 Å². The van der Waals surface area contributed by atoms with Crippen LogP contribution in [0.5, 0.6) is 0 Å². The number of pyridine rings is 1. The number of rotatable bonds is 7. The van der Waals surface area contributed by atoms with Crippen LogP contribution in [0.25, 0.3) is 0 Å². The normalized spacial score (nSPS) is 21.7. The lowest BCUT2D eigenvalue weighted by molar-refractivity contribution is -0.135. The van der Waals surface area contributed by atoms with Crippen LogP contribution in [0.15, 0.2) is 42.6 Å². The maximum Gasteiger partial charge on any atom is 0.409 e. The average Bonchev–Trinajstić information content (AvgIpc) is 3.68. The van der Waals surface area contributed by atoms with Crippen molar-refractivity contribution in [3.05, 3.63) is 58.7 Å². The Morgan fingerprint density at radius 3 is 2.47 bits per heavy atom. The van der Waals surface area contributed by atoms with Crippen molar-refractivity contribution in [3.8, 4) is 6.07 Å². The predicted octanol–water partition coefficient (Wildman–Crippen LogP) is 4.69. The Morgan fingerprint density at radius 1 is 1.11 bits per heavy atom. The third-order valence-corrected chi connectivity index (χ3v) is 8.43. The molecule has 1 aromatic heterocycles. The summed E-state index contributed by atoms with van der Waals surface area (Å²) in [5.41, 5.74) is 1.60. The van der Waals surface area contributed by atoms with Crippen LogP contribution in [0.4, 0.5) is 10.6 Å². The lowest BCUT2D eigenvalue weighted by Crippen LogP contribution is -2.44. The molecule has 0 unspecified atom stereocenters. The summed E-state index contributed by atoms with van der Waals surface area (Å²) in [6.45, 7) is 2.96. The van der Waals surface area contributed by atoms with E-state index in [1.165, 1.54) is 12.8 Å². The zero-order chi connectivity index (χ0) is 26.6. The van der Waals surface area contributed by atoms with Crippen LogP contribution in [0.3, 0.4) is 0 Å². The largest absolute Gasteiger partial charge is 0.449 e. The summed E-state index contributed by atoms with van der Waals surface area (Å²) in [7, 11) is 1.78. The zero-order valence-electron chi connectivity index (χ0n) is 21.8. The van der Waals surface area contributed by atoms with Crippen molar-refractivity contribution in [2.75, 3.05) is 44.7 Å². The fourth-order valence-electron chi connectivity index (χ4n) is 5.61. The number of anilines is 1. The first-order valence-corrected chi connectivity index (χ1v) is 13.9. The minimum absolute atomic E-state index is 0.0138. The molecule has 3 fully saturated rings. The van der Waals surface area contributed by atoms with E-state index in [0.29, 0.717) is 36.2 Å². The van der Waals surface area contributed by atoms with Gasteiger partial charge in [-0.3, -0.25) is 4.79 Å². The van der Waals surface area contributed by atoms with Gasteiger partial charge in [-0.25, -0.2) is 9.78 Å². The van der Waals surface area contributed by atoms with Crippen molar-refractivity contribution in [1.29, 1.82) is 5.26 Å². The minimum atomic E-state index is -0.327. The number of aromatic nitrogens is 1. The Morgan fingerprint density at radius 2 is 1.84 bits per heavy atom. The van der Waals surface area contributed by atoms with E-state index < -0.39 is 0 Å². The number of ether oxygens (including phenoxy) is 1. The Hall–Kier alpha value is -3.31. The molecule has 2 atom stereocenters. The topological polar surface area (TPSA) is 89.8 Å². The summed E-state index contributed by atoms with van der Waals surface area (Å²) >= 11 is 6.14. The van der Waals surface area contributed by atoms with Crippen LogP contribution in [0.1, 0.15) is 49.1 Å². The predicted molar refractivity (Wildman–Crippen MR) is 145 cm³/mol. The molecule has 0 bridgehead atoms. The standard InChI is InChI=1S/C29H34ClN5O3/c1-33(29(37)38-15-12-20-2-3-20)26-19-35(18-25(26)22-5-7-24(30)8-6-22)28(36)23-10-13-34(14-11-23)27-9-4-21(16-31)17-32-27/h4-9,17,20,23,25-26H,2-3,10-15,18-19H2,1H3/t25-,26+/m0/s1. The smallest absolute Gasteiger partial charge is 0.409 e. The molecule has 0 N–H and O–H groups in total. The molecule has 0 spiro atoms. The number of carbonyl (C=O) groups excluding carboxylic acids is 2. The van der Waals surface area contributed by atoms with Crippen LogP contribution in [-0.2, 0) is 9.53 Å². The van der Waals surface area contributed by atoms with E-state index in [1.54, 1.807) is 24.2 Å². The highest BCUT2D eigenvalue weighted by molar-refractivity contribution is 6.30. The fourth-order valence-corrected chi connectivity index (χ4v) is 5.73. The molecule has 2 amide bonds. The quantitative estimate of drug-likeness (QED) is 0.511. The van der Waals surface area contributed by atoms with Gasteiger partial charge in [0.05, 0.1) is 18.2 Å². The maximum absolute atomic E-state index is 13.6. The first kappa shape index (κ1) is 26.3. The van der Waals surface area contributed by atoms with E-state index in [1.807, 2.05) is 35.2 Å². The molecular weight excluding hydrogens is 502 g/mol. The number of likely N-dealkylation sites (N-methyl/N-ethyl adjacent to an activating group) is 1. The number of hydrogen-bond donors (Lipinski definition) is 0. The number of likely N-dealkylation sites (tertiary alicyclic amines) is 1. The highest BCUT2D eigenvalue weighted by Gasteiger charge is 2.42. The highest BCUT2D eigenvalue weighted by Crippen LogP contribution is 2.35. The number of hydrogen-bond acceptors (Lipinski definition) is 6. The van der Waals surface area contributed by atoms with Gasteiger partial charge in [-0.1, -0.05) is 36.6 Å². The first-order valence-electron chi connectivity index (χ1n) is 13.5. The van der Waals surface area contributed by atoms with E-state index in [9.17, 15) is 9.59 Å². The maximum atomic E-state index is 13.6. The summed E-state index contributed by atoms with van der Waals surface area (Å²) < 4.78 is 5.58. The monoisotopic (exact) mass is 535 g/mol. The van der Waals surface area contributed by atoms with Gasteiger partial charge in [0, 0.05) is 56.3 Å². The van der Waals surface area contributed by atoms with E-state index in [-0.39, 0.29) is 29.9 Å². The van der Waals surface area contributed by atoms with E-state index >= 15 is 0 Å². The van der Waals surface area contributed by atoms with Crippen molar-refractivity contribution in [2.45, 2.75) is 44.1 Å². The summed E-state index contributed by atoms with van der Waals surface area (Å²) in [6.07, 6.45) is 6.13. The highest BCUT2D eigenvalue weighted by atomic mass is 35.5. The molecule has 1 aliphatic carbocycles. The van der Waals surface area contributed by atoms with Gasteiger partial charge in [0.15, 0.2) is 0 Å². The van der Waals surface area contributed by atoms with Gasteiger partial charge in [-0.15, -0.1) is 0 Å². The number of halogens is 1. The number of nitriles is 1. The van der Waals surface area contributed by atoms with Gasteiger partial charge < -0.3 is 19.4 Å². The van der Waals surface area contributed by atoms with Crippen molar-refractivity contribution in [3.63, 3.8) is 0 Å². The number of carbonyl (C=O) groups is 2. The van der Waals surface area contributed by atoms with Gasteiger partial charge in [-0.2, -0.15) is 5.26 Å². The Kier molecular flexibility index (Phi) is 8.04. The summed E-state index contributed by atoms with van der Waals surface area (Å²) in [4.78, 5) is 36.7. The van der Waals surface area contributed by atoms with Crippen LogP contribution in [0, 0.1) is 23.2 Å². The Balaban J connectivity index is 1.23. The fraction of sp³-hybridized carbons (Fsp3) is 0.517. The van der Waals surface area contributed by atoms with Gasteiger partial charge in [-0.05, 0) is 55.0 Å². The van der Waals surface area contributed by atoms with Crippen molar-refractivity contribution in [2.24, 2.45) is 11.8 Å². The molecule has 3 aliphatic rings. The number of piperidine rings is 1. The molecule has 1 aromatic carbocycles. The summed E-state index contributed by atoms with van der Waals surface area (Å²) in [5, 5.41) is 9.66. The van der Waals surface area contributed by atoms with Crippen molar-refractivity contribution in [1.82, 2.24) is 14.8 Å². The SMILES string of the molecule is CN(C(=O)OCCC1CC1)[C@@H]1CN(C(=O)C2CCN(c3ccc(C#N)cn3)CC2)C[C@H]1c1ccc(Cl)cc1. The summed E-state index contributed by atoms with van der Waals surface area (Å²) in [5.74, 6) is 1.61. The minimum Gasteiger partial charge on any atom is -0.449 e. The second-order valence-electron chi connectivity index (χ2n) is 10.7. The molecule has 0 radical (unpaired) electrons. The van der Waals surface area contributed by atoms with Gasteiger partial charge in [0.25, 0.3) is 0 Å². The van der Waals surface area contributed by atoms with Crippen LogP contribution in [-0.4, -0.2) is 72.7 Å². The molecular formula is C29H34ClN5O3. The zero-order valence-corrected chi connectivity index (χ0v) is 22.5. The molecule has 3 heterocycles. The van der Waals surface area contributed by atoms with E-state index in [0.717, 1.165) is 43.7 Å². The average molecular weight is 536 g/mol. The van der Waals surface area contributed by atoms with Crippen molar-refractivity contribution >= 4 is 29.4 Å². The second-order valence-corrected chi connectivity index (χ2v) is 11.1. The van der Waals surface area contributed by atoms with Crippen LogP contribution >= 0.6 is 11.6 Å². The molecule has 38 heavy (non-hydrogen) atoms. The molecule has 200 valence electrons. The molecule has 8 nitrogen and oxygen atoms in total. The van der Waals surface area contributed by atoms with E-state index in [2.05, 4.69) is 16.0 Å². The summed E-state index contributed by atoms with van der Waals surface area (Å²) in [6, 6.07) is 13.3. The molecule has 5 rings (SSSR count). The molecule has 2 aromatic rings.